The lowest BCUT2D eigenvalue weighted by atomic mass is 10.0. The number of hydrogen-bond donors (Lipinski definition) is 1. The molecule has 0 unspecified atom stereocenters. The van der Waals surface area contributed by atoms with Crippen LogP contribution in [0.15, 0.2) is 17.0 Å². The second-order valence-electron chi connectivity index (χ2n) is 5.89. The molecule has 114 valence electrons. The molecule has 0 aliphatic heterocycles. The molecule has 0 aliphatic rings. The molecule has 0 spiro atoms. The largest absolute Gasteiger partial charge is 0.326 e. The number of sulfonamides is 1. The van der Waals surface area contributed by atoms with E-state index < -0.39 is 15.6 Å². The topological polar surface area (TPSA) is 63.4 Å². The molecule has 0 atom stereocenters. The molecule has 5 heteroatoms. The Morgan fingerprint density at radius 1 is 1.20 bits per heavy atom. The maximum atomic E-state index is 12.8. The fourth-order valence-electron chi connectivity index (χ4n) is 2.07. The fourth-order valence-corrected chi connectivity index (χ4v) is 3.90. The third kappa shape index (κ3) is 3.05. The van der Waals surface area contributed by atoms with Gasteiger partial charge in [-0.25, -0.2) is 8.42 Å². The molecule has 0 heterocycles. The van der Waals surface area contributed by atoms with E-state index in [1.54, 1.807) is 13.1 Å². The van der Waals surface area contributed by atoms with Gasteiger partial charge in [0.1, 0.15) is 0 Å². The van der Waals surface area contributed by atoms with Gasteiger partial charge < -0.3 is 5.73 Å². The number of aryl methyl sites for hydroxylation is 2. The van der Waals surface area contributed by atoms with Crippen LogP contribution in [0.1, 0.15) is 43.9 Å². The standard InChI is InChI=1S/C15H26N2O2S/c1-7-15(4,5)17(6)20(18,19)14-9-13(10-16)11(2)8-12(14)3/h8-9H,7,10,16H2,1-6H3. The summed E-state index contributed by atoms with van der Waals surface area (Å²) in [7, 11) is -1.87. The summed E-state index contributed by atoms with van der Waals surface area (Å²) in [5.74, 6) is 0. The van der Waals surface area contributed by atoms with Crippen LogP contribution in [-0.2, 0) is 16.6 Å². The van der Waals surface area contributed by atoms with Crippen molar-refractivity contribution >= 4 is 10.0 Å². The first-order valence-electron chi connectivity index (χ1n) is 6.87. The van der Waals surface area contributed by atoms with E-state index in [0.717, 1.165) is 23.1 Å². The Bertz CT molecular complexity index is 592. The smallest absolute Gasteiger partial charge is 0.243 e. The van der Waals surface area contributed by atoms with E-state index in [-0.39, 0.29) is 0 Å². The highest BCUT2D eigenvalue weighted by molar-refractivity contribution is 7.89. The van der Waals surface area contributed by atoms with Gasteiger partial charge in [0.05, 0.1) is 4.90 Å². The highest BCUT2D eigenvalue weighted by Gasteiger charge is 2.33. The third-order valence-electron chi connectivity index (χ3n) is 4.21. The second kappa shape index (κ2) is 5.84. The first-order chi connectivity index (χ1) is 9.07. The summed E-state index contributed by atoms with van der Waals surface area (Å²) in [6.45, 7) is 9.96. The molecule has 0 saturated carbocycles. The van der Waals surface area contributed by atoms with Crippen LogP contribution >= 0.6 is 0 Å². The van der Waals surface area contributed by atoms with Gasteiger partial charge in [0.25, 0.3) is 0 Å². The molecule has 4 nitrogen and oxygen atoms in total. The lowest BCUT2D eigenvalue weighted by Crippen LogP contribution is -2.44. The molecule has 1 aromatic rings. The van der Waals surface area contributed by atoms with Crippen molar-refractivity contribution in [3.63, 3.8) is 0 Å². The molecule has 0 aliphatic carbocycles. The van der Waals surface area contributed by atoms with Crippen molar-refractivity contribution in [3.8, 4) is 0 Å². The van der Waals surface area contributed by atoms with Gasteiger partial charge in [0, 0.05) is 19.1 Å². The predicted octanol–water partition coefficient (Wildman–Crippen LogP) is 2.57. The van der Waals surface area contributed by atoms with Crippen molar-refractivity contribution < 1.29 is 8.42 Å². The molecular formula is C15H26N2O2S. The number of benzene rings is 1. The SMILES string of the molecule is CCC(C)(C)N(C)S(=O)(=O)c1cc(CN)c(C)cc1C. The number of hydrogen-bond acceptors (Lipinski definition) is 3. The Kier molecular flexibility index (Phi) is 5.00. The molecule has 1 rings (SSSR count). The summed E-state index contributed by atoms with van der Waals surface area (Å²) in [6.07, 6.45) is 0.747. The van der Waals surface area contributed by atoms with Crippen molar-refractivity contribution in [1.29, 1.82) is 0 Å². The van der Waals surface area contributed by atoms with E-state index in [2.05, 4.69) is 0 Å². The van der Waals surface area contributed by atoms with Gasteiger partial charge in [-0.1, -0.05) is 13.0 Å². The zero-order valence-corrected chi connectivity index (χ0v) is 14.1. The monoisotopic (exact) mass is 298 g/mol. The fraction of sp³-hybridized carbons (Fsp3) is 0.600. The third-order valence-corrected chi connectivity index (χ3v) is 6.42. The highest BCUT2D eigenvalue weighted by atomic mass is 32.2. The quantitative estimate of drug-likeness (QED) is 0.908. The van der Waals surface area contributed by atoms with Crippen LogP contribution in [0.2, 0.25) is 0 Å². The maximum Gasteiger partial charge on any atom is 0.243 e. The summed E-state index contributed by atoms with van der Waals surface area (Å²) in [6, 6.07) is 3.60. The lowest BCUT2D eigenvalue weighted by molar-refractivity contribution is 0.257. The highest BCUT2D eigenvalue weighted by Crippen LogP contribution is 2.28. The molecule has 0 aromatic heterocycles. The van der Waals surface area contributed by atoms with E-state index in [1.165, 1.54) is 4.31 Å². The van der Waals surface area contributed by atoms with Gasteiger partial charge >= 0.3 is 0 Å². The number of nitrogens with two attached hydrogens (primary N) is 1. The first kappa shape index (κ1) is 17.1. The van der Waals surface area contributed by atoms with Crippen molar-refractivity contribution in [2.75, 3.05) is 7.05 Å². The second-order valence-corrected chi connectivity index (χ2v) is 7.82. The molecule has 0 radical (unpaired) electrons. The van der Waals surface area contributed by atoms with Crippen molar-refractivity contribution in [2.45, 2.75) is 58.0 Å². The molecule has 0 fully saturated rings. The van der Waals surface area contributed by atoms with Crippen molar-refractivity contribution in [2.24, 2.45) is 5.73 Å². The minimum atomic E-state index is -3.51. The molecule has 2 N–H and O–H groups in total. The van der Waals surface area contributed by atoms with E-state index in [9.17, 15) is 8.42 Å². The summed E-state index contributed by atoms with van der Waals surface area (Å²) in [4.78, 5) is 0.354. The van der Waals surface area contributed by atoms with Gasteiger partial charge in [-0.2, -0.15) is 4.31 Å². The number of nitrogens with zero attached hydrogens (tertiary/aromatic N) is 1. The maximum absolute atomic E-state index is 12.8. The molecule has 20 heavy (non-hydrogen) atoms. The van der Waals surface area contributed by atoms with Gasteiger partial charge in [-0.05, 0) is 56.9 Å². The molecule has 0 saturated heterocycles. The van der Waals surface area contributed by atoms with Gasteiger partial charge in [0.2, 0.25) is 10.0 Å². The van der Waals surface area contributed by atoms with Crippen LogP contribution in [0.5, 0.6) is 0 Å². The lowest BCUT2D eigenvalue weighted by Gasteiger charge is -2.34. The van der Waals surface area contributed by atoms with Gasteiger partial charge in [0.15, 0.2) is 0 Å². The minimum Gasteiger partial charge on any atom is -0.326 e. The van der Waals surface area contributed by atoms with Crippen molar-refractivity contribution in [1.82, 2.24) is 4.31 Å². The number of rotatable bonds is 5. The van der Waals surface area contributed by atoms with Crippen LogP contribution in [-0.4, -0.2) is 25.3 Å². The Labute approximate surface area is 123 Å². The predicted molar refractivity (Wildman–Crippen MR) is 83.1 cm³/mol. The average molecular weight is 298 g/mol. The zero-order chi connectivity index (χ0) is 15.7. The average Bonchev–Trinajstić information content (AvgIpc) is 2.37. The minimum absolute atomic E-state index is 0.343. The van der Waals surface area contributed by atoms with E-state index in [1.807, 2.05) is 40.7 Å². The van der Waals surface area contributed by atoms with Crippen LogP contribution in [0.4, 0.5) is 0 Å². The van der Waals surface area contributed by atoms with Gasteiger partial charge in [-0.3, -0.25) is 0 Å². The molecule has 1 aromatic carbocycles. The Morgan fingerprint density at radius 2 is 1.75 bits per heavy atom. The zero-order valence-electron chi connectivity index (χ0n) is 13.3. The van der Waals surface area contributed by atoms with Crippen LogP contribution in [0, 0.1) is 13.8 Å². The van der Waals surface area contributed by atoms with E-state index >= 15 is 0 Å². The summed E-state index contributed by atoms with van der Waals surface area (Å²) >= 11 is 0. The van der Waals surface area contributed by atoms with Crippen LogP contribution in [0.3, 0.4) is 0 Å². The molecular weight excluding hydrogens is 272 g/mol. The summed E-state index contributed by atoms with van der Waals surface area (Å²) < 4.78 is 27.1. The summed E-state index contributed by atoms with van der Waals surface area (Å²) in [5, 5.41) is 0. The first-order valence-corrected chi connectivity index (χ1v) is 8.31. The van der Waals surface area contributed by atoms with Crippen LogP contribution < -0.4 is 5.73 Å². The summed E-state index contributed by atoms with van der Waals surface area (Å²) in [5.41, 5.74) is 7.94. The van der Waals surface area contributed by atoms with Gasteiger partial charge in [-0.15, -0.1) is 0 Å². The Hall–Kier alpha value is -0.910. The Balaban J connectivity index is 3.43. The van der Waals surface area contributed by atoms with E-state index in [4.69, 9.17) is 5.73 Å². The normalized spacial score (nSPS) is 13.0. The van der Waals surface area contributed by atoms with E-state index in [0.29, 0.717) is 11.4 Å². The van der Waals surface area contributed by atoms with Crippen LogP contribution in [0.25, 0.3) is 0 Å². The van der Waals surface area contributed by atoms with Crippen molar-refractivity contribution in [3.05, 3.63) is 28.8 Å². The molecule has 0 bridgehead atoms. The Morgan fingerprint density at radius 3 is 2.20 bits per heavy atom. The molecule has 0 amide bonds.